The zero-order valence-corrected chi connectivity index (χ0v) is 20.2. The van der Waals surface area contributed by atoms with E-state index >= 15 is 0 Å². The largest absolute Gasteiger partial charge is 0.434 e. The van der Waals surface area contributed by atoms with Crippen LogP contribution < -0.4 is 20.7 Å². The second-order valence-electron chi connectivity index (χ2n) is 6.75. The van der Waals surface area contributed by atoms with E-state index in [4.69, 9.17) is 0 Å². The molecule has 170 valence electrons. The lowest BCUT2D eigenvalue weighted by atomic mass is 10.1. The lowest BCUT2D eigenvalue weighted by Crippen LogP contribution is -2.36. The van der Waals surface area contributed by atoms with Crippen LogP contribution in [0.2, 0.25) is 0 Å². The van der Waals surface area contributed by atoms with Crippen molar-refractivity contribution in [1.82, 2.24) is 16.0 Å². The van der Waals surface area contributed by atoms with Gasteiger partial charge in [0.1, 0.15) is 5.75 Å². The Kier molecular flexibility index (Phi) is 11.8. The number of hydrogen-bond donors (Lipinski definition) is 3. The molecule has 0 aliphatic heterocycles. The third-order valence-corrected chi connectivity index (χ3v) is 4.50. The van der Waals surface area contributed by atoms with Gasteiger partial charge in [0.25, 0.3) is 5.91 Å². The van der Waals surface area contributed by atoms with Crippen LogP contribution in [0.3, 0.4) is 0 Å². The lowest BCUT2D eigenvalue weighted by Gasteiger charge is -2.15. The van der Waals surface area contributed by atoms with E-state index in [1.54, 1.807) is 31.3 Å². The van der Waals surface area contributed by atoms with E-state index < -0.39 is 6.61 Å². The third kappa shape index (κ3) is 9.07. The fraction of sp³-hybridized carbons (Fsp3) is 0.364. The topological polar surface area (TPSA) is 74.8 Å². The third-order valence-electron chi connectivity index (χ3n) is 4.50. The predicted molar refractivity (Wildman–Crippen MR) is 129 cm³/mol. The van der Waals surface area contributed by atoms with Crippen molar-refractivity contribution in [2.45, 2.75) is 46.0 Å². The van der Waals surface area contributed by atoms with Crippen LogP contribution >= 0.6 is 24.0 Å². The average Bonchev–Trinajstić information content (AvgIpc) is 2.74. The van der Waals surface area contributed by atoms with Gasteiger partial charge in [0.05, 0.1) is 0 Å². The molecule has 2 aromatic carbocycles. The van der Waals surface area contributed by atoms with Crippen LogP contribution in [0.1, 0.15) is 41.8 Å². The maximum absolute atomic E-state index is 12.5. The average molecular weight is 546 g/mol. The van der Waals surface area contributed by atoms with Crippen LogP contribution in [-0.2, 0) is 13.1 Å². The standard InChI is InChI=1S/C22H28F2N4O2.HI/c1-4-15(2)28-20(29)17-10-7-8-16(12-17)13-26-22(25-3)27-14-18-9-5-6-11-19(18)30-21(23)24;/h5-12,15,21H,4,13-14H2,1-3H3,(H,28,29)(H2,25,26,27);1H. The molecular weight excluding hydrogens is 517 g/mol. The van der Waals surface area contributed by atoms with Gasteiger partial charge in [0, 0.05) is 37.3 Å². The number of hydrogen-bond acceptors (Lipinski definition) is 3. The molecule has 0 aliphatic carbocycles. The SMILES string of the molecule is CCC(C)NC(=O)c1cccc(CNC(=NC)NCc2ccccc2OC(F)F)c1.I. The summed E-state index contributed by atoms with van der Waals surface area (Å²) in [5.41, 5.74) is 2.09. The summed E-state index contributed by atoms with van der Waals surface area (Å²) in [5.74, 6) is 0.510. The number of carbonyl (C=O) groups is 1. The van der Waals surface area contributed by atoms with Gasteiger partial charge in [-0.05, 0) is 37.1 Å². The number of rotatable bonds is 9. The normalized spacial score (nSPS) is 12.0. The second kappa shape index (κ2) is 13.8. The number of nitrogens with zero attached hydrogens (tertiary/aromatic N) is 1. The van der Waals surface area contributed by atoms with Crippen molar-refractivity contribution in [3.8, 4) is 5.75 Å². The number of para-hydroxylation sites is 1. The Balaban J connectivity index is 0.00000480. The highest BCUT2D eigenvalue weighted by Crippen LogP contribution is 2.19. The highest BCUT2D eigenvalue weighted by molar-refractivity contribution is 14.0. The smallest absolute Gasteiger partial charge is 0.387 e. The highest BCUT2D eigenvalue weighted by Gasteiger charge is 2.11. The van der Waals surface area contributed by atoms with Gasteiger partial charge in [0.2, 0.25) is 0 Å². The summed E-state index contributed by atoms with van der Waals surface area (Å²) in [6.45, 7) is 1.80. The van der Waals surface area contributed by atoms with Crippen molar-refractivity contribution in [3.63, 3.8) is 0 Å². The molecule has 2 aromatic rings. The lowest BCUT2D eigenvalue weighted by molar-refractivity contribution is -0.0504. The van der Waals surface area contributed by atoms with Crippen LogP contribution in [0.15, 0.2) is 53.5 Å². The van der Waals surface area contributed by atoms with Gasteiger partial charge in [-0.2, -0.15) is 8.78 Å². The quantitative estimate of drug-likeness (QED) is 0.249. The molecule has 1 unspecified atom stereocenters. The molecule has 0 heterocycles. The van der Waals surface area contributed by atoms with Gasteiger partial charge in [-0.15, -0.1) is 24.0 Å². The molecule has 0 bridgehead atoms. The molecule has 0 saturated heterocycles. The fourth-order valence-electron chi connectivity index (χ4n) is 2.68. The van der Waals surface area contributed by atoms with Crippen LogP contribution in [0.4, 0.5) is 8.78 Å². The van der Waals surface area contributed by atoms with Crippen molar-refractivity contribution < 1.29 is 18.3 Å². The molecule has 0 spiro atoms. The van der Waals surface area contributed by atoms with Gasteiger partial charge in [0.15, 0.2) is 5.96 Å². The molecule has 9 heteroatoms. The first-order valence-electron chi connectivity index (χ1n) is 9.80. The van der Waals surface area contributed by atoms with E-state index in [9.17, 15) is 13.6 Å². The Morgan fingerprint density at radius 2 is 1.81 bits per heavy atom. The Labute approximate surface area is 198 Å². The molecule has 6 nitrogen and oxygen atoms in total. The summed E-state index contributed by atoms with van der Waals surface area (Å²) in [4.78, 5) is 16.4. The molecule has 1 amide bonds. The van der Waals surface area contributed by atoms with Gasteiger partial charge < -0.3 is 20.7 Å². The van der Waals surface area contributed by atoms with Crippen molar-refractivity contribution in [2.75, 3.05) is 7.05 Å². The highest BCUT2D eigenvalue weighted by atomic mass is 127. The predicted octanol–water partition coefficient (Wildman–Crippen LogP) is 4.30. The van der Waals surface area contributed by atoms with Gasteiger partial charge in [-0.1, -0.05) is 37.3 Å². The Morgan fingerprint density at radius 1 is 1.10 bits per heavy atom. The summed E-state index contributed by atoms with van der Waals surface area (Å²) in [7, 11) is 1.62. The fourth-order valence-corrected chi connectivity index (χ4v) is 2.68. The Hall–Kier alpha value is -2.43. The number of ether oxygens (including phenoxy) is 1. The van der Waals surface area contributed by atoms with E-state index in [-0.39, 0.29) is 48.2 Å². The van der Waals surface area contributed by atoms with Crippen LogP contribution in [-0.4, -0.2) is 31.6 Å². The van der Waals surface area contributed by atoms with Crippen molar-refractivity contribution in [3.05, 3.63) is 65.2 Å². The number of amides is 1. The first kappa shape index (κ1) is 26.6. The minimum atomic E-state index is -2.88. The minimum Gasteiger partial charge on any atom is -0.434 e. The molecule has 31 heavy (non-hydrogen) atoms. The minimum absolute atomic E-state index is 0. The number of guanidine groups is 1. The van der Waals surface area contributed by atoms with E-state index in [0.29, 0.717) is 23.6 Å². The van der Waals surface area contributed by atoms with E-state index in [1.807, 2.05) is 32.0 Å². The molecule has 1 atom stereocenters. The Morgan fingerprint density at radius 3 is 2.48 bits per heavy atom. The number of benzene rings is 2. The van der Waals surface area contributed by atoms with Crippen molar-refractivity contribution in [2.24, 2.45) is 4.99 Å². The summed E-state index contributed by atoms with van der Waals surface area (Å²) in [6, 6.07) is 14.0. The van der Waals surface area contributed by atoms with E-state index in [1.165, 1.54) is 6.07 Å². The van der Waals surface area contributed by atoms with Gasteiger partial charge >= 0.3 is 6.61 Å². The van der Waals surface area contributed by atoms with E-state index in [0.717, 1.165) is 12.0 Å². The van der Waals surface area contributed by atoms with Gasteiger partial charge in [-0.3, -0.25) is 9.79 Å². The molecule has 2 rings (SSSR count). The number of halogens is 3. The molecule has 0 saturated carbocycles. The van der Waals surface area contributed by atoms with Crippen molar-refractivity contribution >= 4 is 35.8 Å². The summed E-state index contributed by atoms with van der Waals surface area (Å²) in [6.07, 6.45) is 0.862. The van der Waals surface area contributed by atoms with Crippen LogP contribution in [0.5, 0.6) is 5.75 Å². The zero-order chi connectivity index (χ0) is 21.9. The summed E-state index contributed by atoms with van der Waals surface area (Å²) < 4.78 is 29.6. The molecular formula is C22H29F2IN4O2. The summed E-state index contributed by atoms with van der Waals surface area (Å²) in [5, 5.41) is 9.17. The molecule has 0 radical (unpaired) electrons. The van der Waals surface area contributed by atoms with Crippen LogP contribution in [0, 0.1) is 0 Å². The first-order valence-corrected chi connectivity index (χ1v) is 9.80. The second-order valence-corrected chi connectivity index (χ2v) is 6.75. The molecule has 0 aromatic heterocycles. The summed E-state index contributed by atoms with van der Waals surface area (Å²) >= 11 is 0. The molecule has 3 N–H and O–H groups in total. The number of alkyl halides is 2. The number of nitrogens with one attached hydrogen (secondary N) is 3. The maximum Gasteiger partial charge on any atom is 0.387 e. The Bertz CT molecular complexity index is 865. The van der Waals surface area contributed by atoms with E-state index in [2.05, 4.69) is 25.7 Å². The number of carbonyl (C=O) groups excluding carboxylic acids is 1. The zero-order valence-electron chi connectivity index (χ0n) is 17.8. The molecule has 0 aliphatic rings. The monoisotopic (exact) mass is 546 g/mol. The first-order chi connectivity index (χ1) is 14.4. The van der Waals surface area contributed by atoms with Crippen molar-refractivity contribution in [1.29, 1.82) is 0 Å². The molecule has 0 fully saturated rings. The van der Waals surface area contributed by atoms with Crippen LogP contribution in [0.25, 0.3) is 0 Å². The number of aliphatic imine (C=N–C) groups is 1. The van der Waals surface area contributed by atoms with Gasteiger partial charge in [-0.25, -0.2) is 0 Å². The maximum atomic E-state index is 12.5.